The number of anilines is 6. The van der Waals surface area contributed by atoms with Crippen molar-refractivity contribution in [1.29, 1.82) is 0 Å². The third-order valence-corrected chi connectivity index (χ3v) is 18.2. The van der Waals surface area contributed by atoms with Gasteiger partial charge < -0.3 is 9.32 Å². The largest absolute Gasteiger partial charge is 0.440 e. The van der Waals surface area contributed by atoms with Gasteiger partial charge in [-0.15, -0.1) is 11.3 Å². The molecule has 4 aliphatic rings. The number of benzene rings is 6. The zero-order chi connectivity index (χ0) is 47.1. The first kappa shape index (κ1) is 43.1. The lowest BCUT2D eigenvalue weighted by molar-refractivity contribution is 0.332. The summed E-state index contributed by atoms with van der Waals surface area (Å²) < 4.78 is 10.3. The topological polar surface area (TPSA) is 19.6 Å². The van der Waals surface area contributed by atoms with Gasteiger partial charge in [-0.3, -0.25) is 4.90 Å². The summed E-state index contributed by atoms with van der Waals surface area (Å²) in [6, 6.07) is 40.9. The molecule has 0 bridgehead atoms. The third-order valence-electron chi connectivity index (χ3n) is 17.1. The molecule has 2 aliphatic carbocycles. The highest BCUT2D eigenvalue weighted by Crippen LogP contribution is 2.54. The van der Waals surface area contributed by atoms with Gasteiger partial charge in [-0.25, -0.2) is 0 Å². The number of furan rings is 1. The first-order valence-electron chi connectivity index (χ1n) is 25.0. The van der Waals surface area contributed by atoms with Crippen LogP contribution in [0.3, 0.4) is 0 Å². The van der Waals surface area contributed by atoms with Crippen LogP contribution in [0.25, 0.3) is 31.1 Å². The molecule has 0 saturated heterocycles. The molecule has 0 spiro atoms. The summed E-state index contributed by atoms with van der Waals surface area (Å²) in [6.07, 6.45) is 4.66. The first-order chi connectivity index (χ1) is 31.4. The Hall–Kier alpha value is -5.26. The van der Waals surface area contributed by atoms with E-state index in [4.69, 9.17) is 4.42 Å². The van der Waals surface area contributed by atoms with E-state index in [-0.39, 0.29) is 39.2 Å². The van der Waals surface area contributed by atoms with E-state index in [0.717, 1.165) is 30.7 Å². The molecule has 12 rings (SSSR count). The van der Waals surface area contributed by atoms with Gasteiger partial charge in [0.25, 0.3) is 6.71 Å². The second kappa shape index (κ2) is 13.7. The average molecular weight is 899 g/mol. The molecule has 67 heavy (non-hydrogen) atoms. The van der Waals surface area contributed by atoms with E-state index in [1.807, 2.05) is 11.3 Å². The Morgan fingerprint density at radius 1 is 0.493 bits per heavy atom. The zero-order valence-corrected chi connectivity index (χ0v) is 43.2. The molecule has 5 heteroatoms. The van der Waals surface area contributed by atoms with Gasteiger partial charge in [-0.2, -0.15) is 0 Å². The minimum Gasteiger partial charge on any atom is -0.440 e. The van der Waals surface area contributed by atoms with Crippen LogP contribution in [0.15, 0.2) is 108 Å². The molecular weight excluding hydrogens is 832 g/mol. The molecule has 6 aromatic carbocycles. The molecule has 2 aliphatic heterocycles. The monoisotopic (exact) mass is 899 g/mol. The van der Waals surface area contributed by atoms with Crippen LogP contribution in [-0.2, 0) is 32.5 Å². The summed E-state index contributed by atoms with van der Waals surface area (Å²) in [7, 11) is 0. The Bertz CT molecular complexity index is 3420. The quantitative estimate of drug-likeness (QED) is 0.161. The minimum atomic E-state index is -0.137. The second-order valence-electron chi connectivity index (χ2n) is 25.5. The summed E-state index contributed by atoms with van der Waals surface area (Å²) in [5, 5.41) is 3.88. The fourth-order valence-electron chi connectivity index (χ4n) is 12.7. The molecule has 3 nitrogen and oxygen atoms in total. The van der Waals surface area contributed by atoms with E-state index in [1.54, 1.807) is 0 Å². The first-order valence-corrected chi connectivity index (χ1v) is 25.9. The Labute approximate surface area is 403 Å². The molecule has 0 fully saturated rings. The van der Waals surface area contributed by atoms with Crippen LogP contribution in [-0.4, -0.2) is 6.71 Å². The minimum absolute atomic E-state index is 0.0416. The summed E-state index contributed by atoms with van der Waals surface area (Å²) >= 11 is 1.90. The van der Waals surface area contributed by atoms with Crippen molar-refractivity contribution in [3.63, 3.8) is 0 Å². The maximum absolute atomic E-state index is 7.63. The van der Waals surface area contributed by atoms with E-state index in [2.05, 4.69) is 210 Å². The lowest BCUT2D eigenvalue weighted by atomic mass is 9.33. The molecule has 340 valence electrons. The number of fused-ring (bicyclic) bond motifs is 11. The number of rotatable bonds is 2. The van der Waals surface area contributed by atoms with Gasteiger partial charge >= 0.3 is 0 Å². The van der Waals surface area contributed by atoms with Gasteiger partial charge in [-0.1, -0.05) is 139 Å². The third kappa shape index (κ3) is 6.21. The van der Waals surface area contributed by atoms with Crippen molar-refractivity contribution in [1.82, 2.24) is 0 Å². The summed E-state index contributed by atoms with van der Waals surface area (Å²) in [6.45, 7) is 33.7. The normalized spacial score (nSPS) is 18.7. The van der Waals surface area contributed by atoms with Gasteiger partial charge in [-0.05, 0) is 163 Å². The van der Waals surface area contributed by atoms with Crippen LogP contribution in [0.4, 0.5) is 34.3 Å². The van der Waals surface area contributed by atoms with Gasteiger partial charge in [0.15, 0.2) is 0 Å². The van der Waals surface area contributed by atoms with Crippen molar-refractivity contribution in [2.75, 3.05) is 9.80 Å². The fraction of sp³-hybridized carbons (Fsp3) is 0.387. The van der Waals surface area contributed by atoms with Crippen molar-refractivity contribution < 1.29 is 4.42 Å². The molecule has 4 heterocycles. The smallest absolute Gasteiger partial charge is 0.257 e. The molecule has 2 aromatic heterocycles. The van der Waals surface area contributed by atoms with Crippen LogP contribution >= 0.6 is 11.3 Å². The number of hydrogen-bond acceptors (Lipinski definition) is 4. The van der Waals surface area contributed by atoms with Crippen molar-refractivity contribution in [2.24, 2.45) is 0 Å². The predicted molar refractivity (Wildman–Crippen MR) is 291 cm³/mol. The molecule has 0 atom stereocenters. The predicted octanol–water partition coefficient (Wildman–Crippen LogP) is 16.2. The van der Waals surface area contributed by atoms with E-state index in [1.165, 1.54) is 110 Å². The Kier molecular flexibility index (Phi) is 8.81. The maximum atomic E-state index is 7.63. The van der Waals surface area contributed by atoms with Gasteiger partial charge in [0.2, 0.25) is 5.88 Å². The van der Waals surface area contributed by atoms with Gasteiger partial charge in [0.1, 0.15) is 5.58 Å². The SMILES string of the molecule is CC(C)(C)c1ccc2c(c1)B1c3c(cc(C(C)(C)C)cc3N2c2cccc3sc4ccccc4c23)N(c2ccc3c(c2)C(C)(C)CCC3(C)C)c2oc3cc4c(cc3c21)C(C)(C)CCC4(C)C. The van der Waals surface area contributed by atoms with Crippen molar-refractivity contribution in [3.8, 4) is 0 Å². The molecule has 0 N–H and O–H groups in total. The Morgan fingerprint density at radius 2 is 1.09 bits per heavy atom. The second-order valence-corrected chi connectivity index (χ2v) is 26.6. The van der Waals surface area contributed by atoms with Gasteiger partial charge in [0.05, 0.1) is 5.69 Å². The highest BCUT2D eigenvalue weighted by molar-refractivity contribution is 7.26. The Balaban J connectivity index is 1.25. The molecule has 8 aromatic rings. The zero-order valence-electron chi connectivity index (χ0n) is 42.4. The van der Waals surface area contributed by atoms with Gasteiger partial charge in [0, 0.05) is 53.8 Å². The Morgan fingerprint density at radius 3 is 1.76 bits per heavy atom. The molecule has 0 radical (unpaired) electrons. The van der Waals surface area contributed by atoms with Crippen LogP contribution in [0.2, 0.25) is 0 Å². The summed E-state index contributed by atoms with van der Waals surface area (Å²) in [5.74, 6) is 0.960. The molecular formula is C62H67BN2OS. The number of hydrogen-bond donors (Lipinski definition) is 0. The van der Waals surface area contributed by atoms with Crippen molar-refractivity contribution in [3.05, 3.63) is 137 Å². The van der Waals surface area contributed by atoms with E-state index < -0.39 is 0 Å². The maximum Gasteiger partial charge on any atom is 0.257 e. The van der Waals surface area contributed by atoms with E-state index in [9.17, 15) is 0 Å². The average Bonchev–Trinajstić information content (AvgIpc) is 3.84. The highest BCUT2D eigenvalue weighted by Gasteiger charge is 2.49. The van der Waals surface area contributed by atoms with E-state index in [0.29, 0.717) is 0 Å². The fourth-order valence-corrected chi connectivity index (χ4v) is 13.8. The number of nitrogens with zero attached hydrogens (tertiary/aromatic N) is 2. The lowest BCUT2D eigenvalue weighted by Crippen LogP contribution is -2.61. The molecule has 0 unspecified atom stereocenters. The van der Waals surface area contributed by atoms with E-state index >= 15 is 0 Å². The van der Waals surface area contributed by atoms with Crippen LogP contribution in [0, 0.1) is 0 Å². The lowest BCUT2D eigenvalue weighted by Gasteiger charge is -2.45. The molecule has 0 amide bonds. The number of thiophene rings is 1. The molecule has 0 saturated carbocycles. The van der Waals surface area contributed by atoms with Crippen molar-refractivity contribution >= 4 is 99.9 Å². The van der Waals surface area contributed by atoms with Crippen LogP contribution in [0.1, 0.15) is 156 Å². The summed E-state index contributed by atoms with van der Waals surface area (Å²) in [5.41, 5.74) is 19.6. The van der Waals surface area contributed by atoms with Crippen molar-refractivity contribution in [2.45, 2.75) is 155 Å². The highest BCUT2D eigenvalue weighted by atomic mass is 32.1. The van der Waals surface area contributed by atoms with Crippen LogP contribution in [0.5, 0.6) is 0 Å². The standard InChI is InChI=1S/C62H67BN2OS/c1-57(2,3)36-22-25-46-45(30-36)63-54-40-34-43-44(62(13,14)29-28-61(43,11)12)35-50(40)66-56(54)64(38-23-24-41-42(33-38)60(9,10)27-26-59(41,7)8)48-31-37(58(4,5)6)32-49(55(48)63)65(46)47-19-17-21-52-53(47)39-18-15-16-20-51(39)67-52/h15-25,30-35H,26-29H2,1-14H3. The summed E-state index contributed by atoms with van der Waals surface area (Å²) in [4.78, 5) is 5.22. The van der Waals surface area contributed by atoms with Crippen LogP contribution < -0.4 is 26.2 Å².